The number of hydrogen-bond donors (Lipinski definition) is 1. The van der Waals surface area contributed by atoms with Crippen LogP contribution in [0.2, 0.25) is 0 Å². The Labute approximate surface area is 90.2 Å². The molecule has 0 saturated carbocycles. The average molecular weight is 208 g/mol. The van der Waals surface area contributed by atoms with Gasteiger partial charge in [0.25, 0.3) is 0 Å². The molecule has 2 nitrogen and oxygen atoms in total. The van der Waals surface area contributed by atoms with Crippen molar-refractivity contribution in [3.63, 3.8) is 0 Å². The quantitative estimate of drug-likeness (QED) is 0.753. The first kappa shape index (κ1) is 11.9. The van der Waals surface area contributed by atoms with Crippen LogP contribution in [-0.2, 0) is 0 Å². The molecule has 0 amide bonds. The van der Waals surface area contributed by atoms with Crippen LogP contribution < -0.4 is 5.32 Å². The molecule has 1 N–H and O–H groups in total. The smallest absolute Gasteiger partial charge is 0.141 e. The first-order chi connectivity index (χ1) is 7.17. The molecule has 3 heteroatoms. The molecule has 0 aliphatic rings. The molecule has 0 saturated heterocycles. The van der Waals surface area contributed by atoms with E-state index in [1.54, 1.807) is 6.20 Å². The van der Waals surface area contributed by atoms with Gasteiger partial charge in [-0.25, -0.2) is 4.39 Å². The summed E-state index contributed by atoms with van der Waals surface area (Å²) in [6.07, 6.45) is 4.66. The lowest BCUT2D eigenvalue weighted by Crippen LogP contribution is -2.17. The highest BCUT2D eigenvalue weighted by Gasteiger charge is 2.10. The lowest BCUT2D eigenvalue weighted by atomic mass is 10.00. The maximum absolute atomic E-state index is 13.0. The van der Waals surface area contributed by atoms with Gasteiger partial charge in [-0.1, -0.05) is 19.1 Å². The van der Waals surface area contributed by atoms with Crippen molar-refractivity contribution in [3.05, 3.63) is 42.0 Å². The second-order valence-corrected chi connectivity index (χ2v) is 3.59. The fourth-order valence-corrected chi connectivity index (χ4v) is 1.44. The number of aromatic nitrogens is 1. The summed E-state index contributed by atoms with van der Waals surface area (Å²) in [5.74, 6) is -0.296. The van der Waals surface area contributed by atoms with Crippen LogP contribution in [0.4, 0.5) is 4.39 Å². The molecule has 0 spiro atoms. The molecule has 1 aromatic rings. The predicted octanol–water partition coefficient (Wildman–Crippen LogP) is 2.84. The molecule has 1 heterocycles. The van der Waals surface area contributed by atoms with Gasteiger partial charge in [-0.3, -0.25) is 4.98 Å². The molecular formula is C12H17FN2. The van der Waals surface area contributed by atoms with Crippen molar-refractivity contribution in [3.8, 4) is 0 Å². The zero-order valence-electron chi connectivity index (χ0n) is 9.26. The van der Waals surface area contributed by atoms with Gasteiger partial charge in [-0.05, 0) is 31.5 Å². The molecule has 0 fully saturated rings. The van der Waals surface area contributed by atoms with E-state index in [2.05, 4.69) is 23.8 Å². The van der Waals surface area contributed by atoms with Crippen LogP contribution in [0.3, 0.4) is 0 Å². The highest BCUT2D eigenvalue weighted by Crippen LogP contribution is 2.21. The van der Waals surface area contributed by atoms with Crippen LogP contribution in [-0.4, -0.2) is 12.0 Å². The van der Waals surface area contributed by atoms with Gasteiger partial charge in [0, 0.05) is 12.2 Å². The molecule has 1 unspecified atom stereocenters. The minimum Gasteiger partial charge on any atom is -0.313 e. The second kappa shape index (κ2) is 5.61. The average Bonchev–Trinajstić information content (AvgIpc) is 2.25. The topological polar surface area (TPSA) is 24.9 Å². The lowest BCUT2D eigenvalue weighted by Gasteiger charge is -2.17. The minimum absolute atomic E-state index is 0.0978. The SMILES string of the molecule is C=C(CC)CC(NC)c1cncc(F)c1. The summed E-state index contributed by atoms with van der Waals surface area (Å²) < 4.78 is 13.0. The van der Waals surface area contributed by atoms with Crippen molar-refractivity contribution in [2.75, 3.05) is 7.05 Å². The van der Waals surface area contributed by atoms with Crippen molar-refractivity contribution in [2.45, 2.75) is 25.8 Å². The van der Waals surface area contributed by atoms with Gasteiger partial charge >= 0.3 is 0 Å². The molecule has 1 aromatic heterocycles. The van der Waals surface area contributed by atoms with Gasteiger partial charge < -0.3 is 5.32 Å². The maximum Gasteiger partial charge on any atom is 0.141 e. The number of nitrogens with one attached hydrogen (secondary N) is 1. The second-order valence-electron chi connectivity index (χ2n) is 3.59. The Morgan fingerprint density at radius 2 is 2.33 bits per heavy atom. The highest BCUT2D eigenvalue weighted by molar-refractivity contribution is 5.17. The Bertz CT molecular complexity index is 336. The van der Waals surface area contributed by atoms with E-state index in [0.29, 0.717) is 0 Å². The van der Waals surface area contributed by atoms with E-state index in [4.69, 9.17) is 0 Å². The monoisotopic (exact) mass is 208 g/mol. The van der Waals surface area contributed by atoms with Crippen molar-refractivity contribution < 1.29 is 4.39 Å². The molecule has 1 atom stereocenters. The van der Waals surface area contributed by atoms with Gasteiger partial charge in [0.2, 0.25) is 0 Å². The first-order valence-electron chi connectivity index (χ1n) is 5.11. The summed E-state index contributed by atoms with van der Waals surface area (Å²) in [6.45, 7) is 6.02. The highest BCUT2D eigenvalue weighted by atomic mass is 19.1. The number of rotatable bonds is 5. The summed E-state index contributed by atoms with van der Waals surface area (Å²) in [4.78, 5) is 3.84. The zero-order valence-corrected chi connectivity index (χ0v) is 9.26. The van der Waals surface area contributed by atoms with E-state index < -0.39 is 0 Å². The summed E-state index contributed by atoms with van der Waals surface area (Å²) in [6, 6.07) is 1.61. The molecule has 0 bridgehead atoms. The van der Waals surface area contributed by atoms with Crippen molar-refractivity contribution in [1.82, 2.24) is 10.3 Å². The van der Waals surface area contributed by atoms with E-state index in [1.807, 2.05) is 7.05 Å². The molecule has 0 radical (unpaired) electrons. The molecule has 1 rings (SSSR count). The van der Waals surface area contributed by atoms with Crippen LogP contribution in [0.5, 0.6) is 0 Å². The Morgan fingerprint density at radius 1 is 1.60 bits per heavy atom. The summed E-state index contributed by atoms with van der Waals surface area (Å²) in [7, 11) is 1.86. The van der Waals surface area contributed by atoms with Gasteiger partial charge in [0.15, 0.2) is 0 Å². The Hall–Kier alpha value is -1.22. The number of pyridine rings is 1. The fraction of sp³-hybridized carbons (Fsp3) is 0.417. The van der Waals surface area contributed by atoms with E-state index in [1.165, 1.54) is 12.3 Å². The fourth-order valence-electron chi connectivity index (χ4n) is 1.44. The van der Waals surface area contributed by atoms with E-state index >= 15 is 0 Å². The van der Waals surface area contributed by atoms with Crippen molar-refractivity contribution in [1.29, 1.82) is 0 Å². The third kappa shape index (κ3) is 3.44. The Kier molecular flexibility index (Phi) is 4.43. The molecule has 82 valence electrons. The summed E-state index contributed by atoms with van der Waals surface area (Å²) >= 11 is 0. The van der Waals surface area contributed by atoms with Crippen LogP contribution >= 0.6 is 0 Å². The number of hydrogen-bond acceptors (Lipinski definition) is 2. The number of nitrogens with zero attached hydrogens (tertiary/aromatic N) is 1. The van der Waals surface area contributed by atoms with Gasteiger partial charge in [0.1, 0.15) is 5.82 Å². The standard InChI is InChI=1S/C12H17FN2/c1-4-9(2)5-12(14-3)10-6-11(13)8-15-7-10/h6-8,12,14H,2,4-5H2,1,3H3. The molecule has 0 aliphatic carbocycles. The van der Waals surface area contributed by atoms with E-state index in [-0.39, 0.29) is 11.9 Å². The van der Waals surface area contributed by atoms with Crippen LogP contribution in [0.15, 0.2) is 30.6 Å². The molecule has 15 heavy (non-hydrogen) atoms. The normalized spacial score (nSPS) is 12.5. The van der Waals surface area contributed by atoms with Crippen LogP contribution in [0.25, 0.3) is 0 Å². The summed E-state index contributed by atoms with van der Waals surface area (Å²) in [5, 5.41) is 3.14. The van der Waals surface area contributed by atoms with Gasteiger partial charge in [-0.15, -0.1) is 0 Å². The first-order valence-corrected chi connectivity index (χ1v) is 5.11. The third-order valence-corrected chi connectivity index (χ3v) is 2.47. The molecule has 0 aromatic carbocycles. The zero-order chi connectivity index (χ0) is 11.3. The van der Waals surface area contributed by atoms with Crippen molar-refractivity contribution >= 4 is 0 Å². The maximum atomic E-state index is 13.0. The number of halogens is 1. The Balaban J connectivity index is 2.78. The van der Waals surface area contributed by atoms with Crippen LogP contribution in [0, 0.1) is 5.82 Å². The molecular weight excluding hydrogens is 191 g/mol. The largest absolute Gasteiger partial charge is 0.313 e. The third-order valence-electron chi connectivity index (χ3n) is 2.47. The predicted molar refractivity (Wildman–Crippen MR) is 60.0 cm³/mol. The van der Waals surface area contributed by atoms with E-state index in [9.17, 15) is 4.39 Å². The van der Waals surface area contributed by atoms with Gasteiger partial charge in [-0.2, -0.15) is 0 Å². The van der Waals surface area contributed by atoms with Crippen molar-refractivity contribution in [2.24, 2.45) is 0 Å². The van der Waals surface area contributed by atoms with Gasteiger partial charge in [0.05, 0.1) is 6.20 Å². The molecule has 0 aliphatic heterocycles. The van der Waals surface area contributed by atoms with E-state index in [0.717, 1.165) is 24.0 Å². The Morgan fingerprint density at radius 3 is 2.87 bits per heavy atom. The minimum atomic E-state index is -0.296. The summed E-state index contributed by atoms with van der Waals surface area (Å²) in [5.41, 5.74) is 2.02. The van der Waals surface area contributed by atoms with Crippen LogP contribution in [0.1, 0.15) is 31.4 Å². The lowest BCUT2D eigenvalue weighted by molar-refractivity contribution is 0.565.